The largest absolute Gasteiger partial charge is 0.396 e. The number of hydrogen-bond acceptors (Lipinski definition) is 2. The topological polar surface area (TPSA) is 32.3 Å². The molecule has 13 heavy (non-hydrogen) atoms. The van der Waals surface area contributed by atoms with Crippen molar-refractivity contribution in [3.63, 3.8) is 0 Å². The van der Waals surface area contributed by atoms with E-state index in [0.717, 1.165) is 13.0 Å². The average molecular weight is 183 g/mol. The Kier molecular flexibility index (Phi) is 5.09. The van der Waals surface area contributed by atoms with E-state index in [0.29, 0.717) is 18.6 Å². The van der Waals surface area contributed by atoms with E-state index in [4.69, 9.17) is 5.11 Å². The van der Waals surface area contributed by atoms with Gasteiger partial charge in [-0.3, -0.25) is 0 Å². The molecule has 1 rings (SSSR count). The average Bonchev–Trinajstić information content (AvgIpc) is 2.19. The molecule has 2 unspecified atom stereocenters. The van der Waals surface area contributed by atoms with Gasteiger partial charge in [0.15, 0.2) is 0 Å². The lowest BCUT2D eigenvalue weighted by molar-refractivity contribution is 0.153. The minimum absolute atomic E-state index is 0.339. The Bertz CT molecular complexity index is 147. The third kappa shape index (κ3) is 3.49. The molecule has 1 saturated carbocycles. The monoisotopic (exact) mass is 183 g/mol. The highest BCUT2D eigenvalue weighted by Crippen LogP contribution is 2.23. The molecule has 2 nitrogen and oxygen atoms in total. The molecule has 2 N–H and O–H groups in total. The van der Waals surface area contributed by atoms with Crippen LogP contribution in [0.1, 0.15) is 32.1 Å². The van der Waals surface area contributed by atoms with Crippen molar-refractivity contribution in [2.24, 2.45) is 5.92 Å². The summed E-state index contributed by atoms with van der Waals surface area (Å²) in [5.41, 5.74) is 0. The lowest BCUT2D eigenvalue weighted by Crippen LogP contribution is -2.40. The minimum atomic E-state index is 0.339. The molecule has 0 spiro atoms. The molecule has 0 aromatic carbocycles. The van der Waals surface area contributed by atoms with Crippen LogP contribution in [-0.4, -0.2) is 24.3 Å². The molecule has 0 bridgehead atoms. The summed E-state index contributed by atoms with van der Waals surface area (Å²) in [6, 6.07) is 0.540. The quantitative estimate of drug-likeness (QED) is 0.502. The molecule has 2 heteroatoms. The minimum Gasteiger partial charge on any atom is -0.396 e. The van der Waals surface area contributed by atoms with Gasteiger partial charge in [0, 0.05) is 12.6 Å². The van der Waals surface area contributed by atoms with E-state index in [2.05, 4.69) is 11.9 Å². The zero-order valence-electron chi connectivity index (χ0n) is 8.34. The summed E-state index contributed by atoms with van der Waals surface area (Å²) in [5, 5.41) is 12.7. The number of aliphatic hydroxyl groups is 1. The SMILES string of the molecule is C=CCCNC1CCCCC1CO. The van der Waals surface area contributed by atoms with Gasteiger partial charge in [0.25, 0.3) is 0 Å². The van der Waals surface area contributed by atoms with Gasteiger partial charge >= 0.3 is 0 Å². The van der Waals surface area contributed by atoms with E-state index in [1.54, 1.807) is 0 Å². The van der Waals surface area contributed by atoms with Crippen LogP contribution in [0.5, 0.6) is 0 Å². The van der Waals surface area contributed by atoms with Crippen LogP contribution < -0.4 is 5.32 Å². The summed E-state index contributed by atoms with van der Waals surface area (Å²) in [4.78, 5) is 0. The van der Waals surface area contributed by atoms with Crippen LogP contribution in [0.3, 0.4) is 0 Å². The van der Waals surface area contributed by atoms with Gasteiger partial charge in [-0.1, -0.05) is 18.9 Å². The molecule has 2 atom stereocenters. The maximum atomic E-state index is 9.16. The highest BCUT2D eigenvalue weighted by Gasteiger charge is 2.23. The lowest BCUT2D eigenvalue weighted by Gasteiger charge is -2.30. The van der Waals surface area contributed by atoms with Crippen molar-refractivity contribution < 1.29 is 5.11 Å². The Morgan fingerprint density at radius 2 is 2.15 bits per heavy atom. The Hall–Kier alpha value is -0.340. The first-order chi connectivity index (χ1) is 6.38. The fraction of sp³-hybridized carbons (Fsp3) is 0.818. The third-order valence-electron chi connectivity index (χ3n) is 2.90. The van der Waals surface area contributed by atoms with Gasteiger partial charge in [0.1, 0.15) is 0 Å². The Balaban J connectivity index is 2.23. The normalized spacial score (nSPS) is 28.7. The molecule has 0 saturated heterocycles. The van der Waals surface area contributed by atoms with Crippen molar-refractivity contribution >= 4 is 0 Å². The molecule has 0 aromatic heterocycles. The van der Waals surface area contributed by atoms with Crippen molar-refractivity contribution in [2.45, 2.75) is 38.1 Å². The van der Waals surface area contributed by atoms with Crippen molar-refractivity contribution in [2.75, 3.05) is 13.2 Å². The standard InChI is InChI=1S/C11H21NO/c1-2-3-8-12-11-7-5-4-6-10(11)9-13/h2,10-13H,1,3-9H2. The van der Waals surface area contributed by atoms with Gasteiger partial charge in [-0.05, 0) is 31.7 Å². The second-order valence-corrected chi connectivity index (χ2v) is 3.87. The van der Waals surface area contributed by atoms with Gasteiger partial charge in [0.05, 0.1) is 0 Å². The van der Waals surface area contributed by atoms with Crippen molar-refractivity contribution in [1.82, 2.24) is 5.32 Å². The third-order valence-corrected chi connectivity index (χ3v) is 2.90. The fourth-order valence-electron chi connectivity index (χ4n) is 2.07. The van der Waals surface area contributed by atoms with Crippen LogP contribution in [-0.2, 0) is 0 Å². The maximum absolute atomic E-state index is 9.16. The lowest BCUT2D eigenvalue weighted by atomic mass is 9.85. The predicted octanol–water partition coefficient (Wildman–Crippen LogP) is 1.70. The first-order valence-electron chi connectivity index (χ1n) is 5.33. The van der Waals surface area contributed by atoms with Gasteiger partial charge in [-0.15, -0.1) is 6.58 Å². The van der Waals surface area contributed by atoms with Crippen LogP contribution in [0.15, 0.2) is 12.7 Å². The van der Waals surface area contributed by atoms with Crippen molar-refractivity contribution in [1.29, 1.82) is 0 Å². The number of nitrogens with one attached hydrogen (secondary N) is 1. The molecule has 1 aliphatic rings. The van der Waals surface area contributed by atoms with Crippen LogP contribution in [0.4, 0.5) is 0 Å². The van der Waals surface area contributed by atoms with Gasteiger partial charge in [-0.25, -0.2) is 0 Å². The highest BCUT2D eigenvalue weighted by molar-refractivity contribution is 4.81. The molecular formula is C11H21NO. The van der Waals surface area contributed by atoms with E-state index in [9.17, 15) is 0 Å². The second-order valence-electron chi connectivity index (χ2n) is 3.87. The first kappa shape index (κ1) is 10.7. The van der Waals surface area contributed by atoms with Crippen LogP contribution in [0.25, 0.3) is 0 Å². The summed E-state index contributed by atoms with van der Waals surface area (Å²) < 4.78 is 0. The molecular weight excluding hydrogens is 162 g/mol. The van der Waals surface area contributed by atoms with E-state index in [-0.39, 0.29) is 0 Å². The Labute approximate surface area is 81.0 Å². The maximum Gasteiger partial charge on any atom is 0.0474 e. The fourth-order valence-corrected chi connectivity index (χ4v) is 2.07. The van der Waals surface area contributed by atoms with Gasteiger partial charge in [-0.2, -0.15) is 0 Å². The Morgan fingerprint density at radius 3 is 2.85 bits per heavy atom. The summed E-state index contributed by atoms with van der Waals surface area (Å²) in [6.45, 7) is 5.04. The molecule has 0 aromatic rings. The van der Waals surface area contributed by atoms with Crippen molar-refractivity contribution in [3.05, 3.63) is 12.7 Å². The number of aliphatic hydroxyl groups excluding tert-OH is 1. The Morgan fingerprint density at radius 1 is 1.38 bits per heavy atom. The van der Waals surface area contributed by atoms with E-state index >= 15 is 0 Å². The number of hydrogen-bond donors (Lipinski definition) is 2. The van der Waals surface area contributed by atoms with Crippen LogP contribution >= 0.6 is 0 Å². The molecule has 0 amide bonds. The zero-order valence-corrected chi connectivity index (χ0v) is 8.34. The highest BCUT2D eigenvalue weighted by atomic mass is 16.3. The molecule has 0 aliphatic heterocycles. The zero-order chi connectivity index (χ0) is 9.52. The molecule has 76 valence electrons. The van der Waals surface area contributed by atoms with Crippen LogP contribution in [0, 0.1) is 5.92 Å². The van der Waals surface area contributed by atoms with E-state index < -0.39 is 0 Å². The summed E-state index contributed by atoms with van der Waals surface area (Å²) in [7, 11) is 0. The van der Waals surface area contributed by atoms with Gasteiger partial charge in [0.2, 0.25) is 0 Å². The smallest absolute Gasteiger partial charge is 0.0474 e. The number of rotatable bonds is 5. The second kappa shape index (κ2) is 6.17. The predicted molar refractivity (Wildman–Crippen MR) is 55.6 cm³/mol. The van der Waals surface area contributed by atoms with Gasteiger partial charge < -0.3 is 10.4 Å². The molecule has 0 radical (unpaired) electrons. The summed E-state index contributed by atoms with van der Waals surface area (Å²) in [5.74, 6) is 0.485. The van der Waals surface area contributed by atoms with Crippen LogP contribution in [0.2, 0.25) is 0 Å². The molecule has 1 aliphatic carbocycles. The summed E-state index contributed by atoms with van der Waals surface area (Å²) >= 11 is 0. The van der Waals surface area contributed by atoms with Crippen molar-refractivity contribution in [3.8, 4) is 0 Å². The first-order valence-corrected chi connectivity index (χ1v) is 5.33. The molecule has 1 fully saturated rings. The summed E-state index contributed by atoms with van der Waals surface area (Å²) in [6.07, 6.45) is 7.95. The van der Waals surface area contributed by atoms with E-state index in [1.807, 2.05) is 6.08 Å². The van der Waals surface area contributed by atoms with E-state index in [1.165, 1.54) is 25.7 Å². The molecule has 0 heterocycles.